The van der Waals surface area contributed by atoms with Crippen LogP contribution in [-0.4, -0.2) is 10.2 Å². The molecule has 0 saturated carbocycles. The van der Waals surface area contributed by atoms with Crippen LogP contribution >= 0.6 is 0 Å². The normalized spacial score (nSPS) is 10.1. The molecule has 4 nitrogen and oxygen atoms in total. The monoisotopic (exact) mass is 223 g/mol. The molecule has 0 saturated heterocycles. The molecule has 16 heavy (non-hydrogen) atoms. The number of halogens is 2. The molecule has 0 bridgehead atoms. The van der Waals surface area contributed by atoms with Gasteiger partial charge in [-0.05, 0) is 18.2 Å². The van der Waals surface area contributed by atoms with Crippen molar-refractivity contribution in [2.45, 2.75) is 0 Å². The number of benzene rings is 1. The molecule has 0 aliphatic carbocycles. The average molecular weight is 223 g/mol. The number of ether oxygens (including phenoxy) is 1. The summed E-state index contributed by atoms with van der Waals surface area (Å²) in [5.74, 6) is -1.29. The Morgan fingerprint density at radius 2 is 1.88 bits per heavy atom. The Bertz CT molecular complexity index is 502. The van der Waals surface area contributed by atoms with Gasteiger partial charge in [-0.2, -0.15) is 0 Å². The summed E-state index contributed by atoms with van der Waals surface area (Å²) in [7, 11) is 0. The molecule has 0 radical (unpaired) electrons. The molecule has 2 aromatic rings. The highest BCUT2D eigenvalue weighted by Gasteiger charge is 2.06. The predicted molar refractivity (Wildman–Crippen MR) is 52.9 cm³/mol. The van der Waals surface area contributed by atoms with Gasteiger partial charge in [-0.3, -0.25) is 0 Å². The van der Waals surface area contributed by atoms with Gasteiger partial charge < -0.3 is 10.5 Å². The van der Waals surface area contributed by atoms with Crippen molar-refractivity contribution >= 4 is 5.82 Å². The molecule has 0 fully saturated rings. The lowest BCUT2D eigenvalue weighted by Gasteiger charge is -2.04. The van der Waals surface area contributed by atoms with Gasteiger partial charge in [0.1, 0.15) is 11.6 Å². The van der Waals surface area contributed by atoms with Crippen LogP contribution in [0.2, 0.25) is 0 Å². The quantitative estimate of drug-likeness (QED) is 0.847. The Kier molecular flexibility index (Phi) is 2.63. The summed E-state index contributed by atoms with van der Waals surface area (Å²) in [5.41, 5.74) is 5.32. The van der Waals surface area contributed by atoms with E-state index in [1.807, 2.05) is 0 Å². The Morgan fingerprint density at radius 3 is 2.50 bits per heavy atom. The van der Waals surface area contributed by atoms with E-state index in [0.717, 1.165) is 12.1 Å². The minimum atomic E-state index is -0.807. The molecule has 1 heterocycles. The number of aromatic nitrogens is 2. The van der Waals surface area contributed by atoms with Gasteiger partial charge in [0.2, 0.25) is 5.88 Å². The van der Waals surface area contributed by atoms with E-state index in [0.29, 0.717) is 0 Å². The lowest BCUT2D eigenvalue weighted by molar-refractivity contribution is 0.419. The standard InChI is InChI=1S/C10H7F2N3O/c11-6-1-2-8(7(12)5-6)16-10-4-3-9(13)14-15-10/h1-5H,(H2,13,14). The van der Waals surface area contributed by atoms with Crippen molar-refractivity contribution in [3.63, 3.8) is 0 Å². The zero-order valence-corrected chi connectivity index (χ0v) is 8.02. The average Bonchev–Trinajstić information content (AvgIpc) is 2.25. The molecule has 0 unspecified atom stereocenters. The molecule has 0 atom stereocenters. The van der Waals surface area contributed by atoms with Crippen LogP contribution in [0, 0.1) is 11.6 Å². The Balaban J connectivity index is 2.23. The van der Waals surface area contributed by atoms with Crippen LogP contribution in [0.5, 0.6) is 11.6 Å². The van der Waals surface area contributed by atoms with Crippen LogP contribution in [0.4, 0.5) is 14.6 Å². The molecule has 0 aliphatic rings. The summed E-state index contributed by atoms with van der Waals surface area (Å²) < 4.78 is 30.8. The molecule has 0 spiro atoms. The first kappa shape index (κ1) is 10.3. The summed E-state index contributed by atoms with van der Waals surface area (Å²) in [6, 6.07) is 5.88. The van der Waals surface area contributed by atoms with E-state index < -0.39 is 11.6 Å². The summed E-state index contributed by atoms with van der Waals surface area (Å²) in [5, 5.41) is 7.11. The molecule has 2 rings (SSSR count). The molecule has 0 amide bonds. The van der Waals surface area contributed by atoms with Crippen molar-refractivity contribution in [2.75, 3.05) is 5.73 Å². The highest BCUT2D eigenvalue weighted by atomic mass is 19.1. The fourth-order valence-electron chi connectivity index (χ4n) is 1.06. The van der Waals surface area contributed by atoms with E-state index in [-0.39, 0.29) is 17.4 Å². The van der Waals surface area contributed by atoms with Crippen LogP contribution in [0.1, 0.15) is 0 Å². The van der Waals surface area contributed by atoms with Crippen LogP contribution in [0.25, 0.3) is 0 Å². The van der Waals surface area contributed by atoms with Crippen LogP contribution < -0.4 is 10.5 Å². The third kappa shape index (κ3) is 2.22. The number of rotatable bonds is 2. The summed E-state index contributed by atoms with van der Waals surface area (Å²) in [6.45, 7) is 0. The van der Waals surface area contributed by atoms with Crippen molar-refractivity contribution in [2.24, 2.45) is 0 Å². The number of anilines is 1. The van der Waals surface area contributed by atoms with Gasteiger partial charge in [-0.15, -0.1) is 10.2 Å². The van der Waals surface area contributed by atoms with Crippen molar-refractivity contribution in [3.05, 3.63) is 42.0 Å². The van der Waals surface area contributed by atoms with E-state index in [9.17, 15) is 8.78 Å². The minimum Gasteiger partial charge on any atom is -0.434 e. The lowest BCUT2D eigenvalue weighted by Crippen LogP contribution is -1.96. The van der Waals surface area contributed by atoms with Crippen molar-refractivity contribution in [1.29, 1.82) is 0 Å². The highest BCUT2D eigenvalue weighted by molar-refractivity contribution is 5.31. The summed E-state index contributed by atoms with van der Waals surface area (Å²) in [4.78, 5) is 0. The Labute approximate surface area is 89.7 Å². The second-order valence-corrected chi connectivity index (χ2v) is 2.97. The van der Waals surface area contributed by atoms with Crippen molar-refractivity contribution in [1.82, 2.24) is 10.2 Å². The zero-order chi connectivity index (χ0) is 11.5. The Morgan fingerprint density at radius 1 is 1.06 bits per heavy atom. The third-order valence-corrected chi connectivity index (χ3v) is 1.77. The summed E-state index contributed by atoms with van der Waals surface area (Å²) >= 11 is 0. The lowest BCUT2D eigenvalue weighted by atomic mass is 10.3. The number of hydrogen-bond donors (Lipinski definition) is 1. The predicted octanol–water partition coefficient (Wildman–Crippen LogP) is 2.13. The first-order valence-corrected chi connectivity index (χ1v) is 4.37. The number of hydrogen-bond acceptors (Lipinski definition) is 4. The maximum Gasteiger partial charge on any atom is 0.239 e. The first-order chi connectivity index (χ1) is 7.65. The van der Waals surface area contributed by atoms with Gasteiger partial charge in [-0.1, -0.05) is 0 Å². The third-order valence-electron chi connectivity index (χ3n) is 1.77. The van der Waals surface area contributed by atoms with E-state index in [4.69, 9.17) is 10.5 Å². The van der Waals surface area contributed by atoms with Gasteiger partial charge in [0.15, 0.2) is 11.6 Å². The minimum absolute atomic E-state index is 0.0831. The van der Waals surface area contributed by atoms with Gasteiger partial charge in [0.05, 0.1) is 0 Å². The van der Waals surface area contributed by atoms with Gasteiger partial charge in [0, 0.05) is 12.1 Å². The van der Waals surface area contributed by atoms with Crippen molar-refractivity contribution in [3.8, 4) is 11.6 Å². The number of nitrogens with zero attached hydrogens (tertiary/aromatic N) is 2. The molecular formula is C10H7F2N3O. The van der Waals surface area contributed by atoms with E-state index >= 15 is 0 Å². The fourth-order valence-corrected chi connectivity index (χ4v) is 1.06. The molecule has 82 valence electrons. The molecule has 2 N–H and O–H groups in total. The van der Waals surface area contributed by atoms with Crippen LogP contribution in [-0.2, 0) is 0 Å². The number of nitrogen functional groups attached to an aromatic ring is 1. The van der Waals surface area contributed by atoms with Crippen LogP contribution in [0.3, 0.4) is 0 Å². The topological polar surface area (TPSA) is 61.0 Å². The molecule has 1 aromatic heterocycles. The highest BCUT2D eigenvalue weighted by Crippen LogP contribution is 2.23. The first-order valence-electron chi connectivity index (χ1n) is 4.37. The van der Waals surface area contributed by atoms with E-state index in [1.165, 1.54) is 18.2 Å². The molecule has 1 aromatic carbocycles. The Hall–Kier alpha value is -2.24. The van der Waals surface area contributed by atoms with Crippen molar-refractivity contribution < 1.29 is 13.5 Å². The second-order valence-electron chi connectivity index (χ2n) is 2.97. The maximum atomic E-state index is 13.2. The van der Waals surface area contributed by atoms with Crippen LogP contribution in [0.15, 0.2) is 30.3 Å². The maximum absolute atomic E-state index is 13.2. The van der Waals surface area contributed by atoms with E-state index in [2.05, 4.69) is 10.2 Å². The molecular weight excluding hydrogens is 216 g/mol. The fraction of sp³-hybridized carbons (Fsp3) is 0. The number of nitrogens with two attached hydrogens (primary N) is 1. The zero-order valence-electron chi connectivity index (χ0n) is 8.02. The van der Waals surface area contributed by atoms with Gasteiger partial charge >= 0.3 is 0 Å². The van der Waals surface area contributed by atoms with E-state index in [1.54, 1.807) is 0 Å². The second kappa shape index (κ2) is 4.09. The SMILES string of the molecule is Nc1ccc(Oc2ccc(F)cc2F)nn1. The molecule has 0 aliphatic heterocycles. The largest absolute Gasteiger partial charge is 0.434 e. The molecule has 6 heteroatoms. The summed E-state index contributed by atoms with van der Waals surface area (Å²) in [6.07, 6.45) is 0. The van der Waals surface area contributed by atoms with Gasteiger partial charge in [0.25, 0.3) is 0 Å². The van der Waals surface area contributed by atoms with Gasteiger partial charge in [-0.25, -0.2) is 8.78 Å². The smallest absolute Gasteiger partial charge is 0.239 e.